The minimum Gasteiger partial charge on any atom is -0.389 e. The van der Waals surface area contributed by atoms with Crippen molar-refractivity contribution in [3.05, 3.63) is 17.0 Å². The van der Waals surface area contributed by atoms with Crippen LogP contribution in [0.3, 0.4) is 0 Å². The molecule has 0 bridgehead atoms. The molecule has 0 atom stereocenters. The monoisotopic (exact) mass is 259 g/mol. The van der Waals surface area contributed by atoms with E-state index < -0.39 is 5.60 Å². The number of aliphatic hydroxyl groups is 1. The average Bonchev–Trinajstić information content (AvgIpc) is 2.22. The molecule has 6 heteroatoms. The standard InChI is InChI=1S/C11H18ClN3O2/c1-4-17-6-10-14-8(12)5-9(15-10)13-7-11(2,3)16/h5,16H,4,6-7H2,1-3H3,(H,13,14,15). The second-order valence-corrected chi connectivity index (χ2v) is 4.68. The van der Waals surface area contributed by atoms with E-state index >= 15 is 0 Å². The van der Waals surface area contributed by atoms with Crippen LogP contribution in [-0.2, 0) is 11.3 Å². The van der Waals surface area contributed by atoms with Crippen LogP contribution in [0.2, 0.25) is 5.15 Å². The zero-order valence-corrected chi connectivity index (χ0v) is 11.1. The highest BCUT2D eigenvalue weighted by atomic mass is 35.5. The maximum Gasteiger partial charge on any atom is 0.158 e. The van der Waals surface area contributed by atoms with Gasteiger partial charge in [-0.1, -0.05) is 11.6 Å². The first-order chi connectivity index (χ1) is 7.90. The van der Waals surface area contributed by atoms with Gasteiger partial charge in [-0.15, -0.1) is 0 Å². The molecule has 0 radical (unpaired) electrons. The van der Waals surface area contributed by atoms with Gasteiger partial charge < -0.3 is 15.2 Å². The number of nitrogens with zero attached hydrogens (tertiary/aromatic N) is 2. The average molecular weight is 260 g/mol. The second kappa shape index (κ2) is 6.14. The zero-order valence-electron chi connectivity index (χ0n) is 10.3. The zero-order chi connectivity index (χ0) is 12.9. The molecule has 1 heterocycles. The molecule has 2 N–H and O–H groups in total. The molecule has 17 heavy (non-hydrogen) atoms. The Bertz CT molecular complexity index is 366. The topological polar surface area (TPSA) is 67.3 Å². The highest BCUT2D eigenvalue weighted by Gasteiger charge is 2.12. The highest BCUT2D eigenvalue weighted by Crippen LogP contribution is 2.13. The van der Waals surface area contributed by atoms with Crippen molar-refractivity contribution in [2.45, 2.75) is 33.0 Å². The Balaban J connectivity index is 2.68. The van der Waals surface area contributed by atoms with Crippen LogP contribution in [0.5, 0.6) is 0 Å². The van der Waals surface area contributed by atoms with Crippen molar-refractivity contribution in [1.29, 1.82) is 0 Å². The van der Waals surface area contributed by atoms with Crippen molar-refractivity contribution < 1.29 is 9.84 Å². The molecule has 0 saturated carbocycles. The van der Waals surface area contributed by atoms with Gasteiger partial charge >= 0.3 is 0 Å². The first kappa shape index (κ1) is 14.2. The molecule has 0 aromatic carbocycles. The first-order valence-corrected chi connectivity index (χ1v) is 5.86. The number of rotatable bonds is 6. The highest BCUT2D eigenvalue weighted by molar-refractivity contribution is 6.29. The molecule has 0 spiro atoms. The fourth-order valence-electron chi connectivity index (χ4n) is 1.12. The van der Waals surface area contributed by atoms with E-state index in [1.165, 1.54) is 0 Å². The maximum absolute atomic E-state index is 9.60. The molecule has 1 aromatic rings. The largest absolute Gasteiger partial charge is 0.389 e. The van der Waals surface area contributed by atoms with E-state index in [2.05, 4.69) is 15.3 Å². The van der Waals surface area contributed by atoms with Crippen LogP contribution in [0, 0.1) is 0 Å². The predicted molar refractivity (Wildman–Crippen MR) is 67.2 cm³/mol. The Morgan fingerprint density at radius 3 is 2.76 bits per heavy atom. The number of halogens is 1. The molecule has 0 aliphatic carbocycles. The summed E-state index contributed by atoms with van der Waals surface area (Å²) in [6, 6.07) is 1.61. The van der Waals surface area contributed by atoms with E-state index in [0.717, 1.165) is 0 Å². The lowest BCUT2D eigenvalue weighted by Crippen LogP contribution is -2.29. The van der Waals surface area contributed by atoms with Gasteiger partial charge in [-0.05, 0) is 20.8 Å². The van der Waals surface area contributed by atoms with Crippen molar-refractivity contribution in [3.8, 4) is 0 Å². The minimum atomic E-state index is -0.808. The summed E-state index contributed by atoms with van der Waals surface area (Å²) in [5, 5.41) is 13.0. The molecule has 96 valence electrons. The molecule has 0 aliphatic heterocycles. The number of anilines is 1. The predicted octanol–water partition coefficient (Wildman–Crippen LogP) is 1.85. The van der Waals surface area contributed by atoms with Crippen molar-refractivity contribution >= 4 is 17.4 Å². The normalized spacial score (nSPS) is 11.6. The Morgan fingerprint density at radius 2 is 2.18 bits per heavy atom. The molecule has 0 unspecified atom stereocenters. The van der Waals surface area contributed by atoms with Crippen LogP contribution in [0.4, 0.5) is 5.82 Å². The molecule has 0 saturated heterocycles. The summed E-state index contributed by atoms with van der Waals surface area (Å²) in [4.78, 5) is 8.27. The van der Waals surface area contributed by atoms with E-state index in [4.69, 9.17) is 16.3 Å². The van der Waals surface area contributed by atoms with Crippen molar-refractivity contribution in [2.24, 2.45) is 0 Å². The summed E-state index contributed by atoms with van der Waals surface area (Å²) in [5.74, 6) is 1.11. The third-order valence-electron chi connectivity index (χ3n) is 1.88. The van der Waals surface area contributed by atoms with Crippen LogP contribution in [0.15, 0.2) is 6.07 Å². The number of hydrogen-bond acceptors (Lipinski definition) is 5. The summed E-state index contributed by atoms with van der Waals surface area (Å²) >= 11 is 5.87. The Labute approximate surface area is 106 Å². The molecular weight excluding hydrogens is 242 g/mol. The van der Waals surface area contributed by atoms with Gasteiger partial charge in [0.2, 0.25) is 0 Å². The number of nitrogens with one attached hydrogen (secondary N) is 1. The minimum absolute atomic E-state index is 0.328. The van der Waals surface area contributed by atoms with Crippen LogP contribution < -0.4 is 5.32 Å². The lowest BCUT2D eigenvalue weighted by Gasteiger charge is -2.18. The summed E-state index contributed by atoms with van der Waals surface area (Å²) in [6.45, 7) is 6.64. The van der Waals surface area contributed by atoms with Gasteiger partial charge in [-0.25, -0.2) is 9.97 Å². The lowest BCUT2D eigenvalue weighted by atomic mass is 10.1. The molecule has 0 amide bonds. The second-order valence-electron chi connectivity index (χ2n) is 4.30. The van der Waals surface area contributed by atoms with Crippen LogP contribution >= 0.6 is 11.6 Å². The van der Waals surface area contributed by atoms with Crippen LogP contribution in [0.1, 0.15) is 26.6 Å². The fraction of sp³-hybridized carbons (Fsp3) is 0.636. The molecule has 1 aromatic heterocycles. The molecule has 0 aliphatic rings. The molecule has 1 rings (SSSR count). The van der Waals surface area contributed by atoms with Gasteiger partial charge in [0.1, 0.15) is 17.6 Å². The summed E-state index contributed by atoms with van der Waals surface area (Å²) in [6.07, 6.45) is 0. The first-order valence-electron chi connectivity index (χ1n) is 5.48. The maximum atomic E-state index is 9.60. The number of ether oxygens (including phenoxy) is 1. The van der Waals surface area contributed by atoms with Gasteiger partial charge in [0, 0.05) is 19.2 Å². The van der Waals surface area contributed by atoms with Gasteiger partial charge in [-0.2, -0.15) is 0 Å². The van der Waals surface area contributed by atoms with Crippen molar-refractivity contribution in [3.63, 3.8) is 0 Å². The number of aromatic nitrogens is 2. The lowest BCUT2D eigenvalue weighted by molar-refractivity contribution is 0.0944. The van der Waals surface area contributed by atoms with E-state index in [0.29, 0.717) is 36.6 Å². The Kier molecular flexibility index (Phi) is 5.11. The third kappa shape index (κ3) is 5.81. The summed E-state index contributed by atoms with van der Waals surface area (Å²) < 4.78 is 5.21. The Morgan fingerprint density at radius 1 is 1.47 bits per heavy atom. The summed E-state index contributed by atoms with van der Waals surface area (Å²) in [5.41, 5.74) is -0.808. The van der Waals surface area contributed by atoms with Gasteiger partial charge in [0.05, 0.1) is 5.60 Å². The summed E-state index contributed by atoms with van der Waals surface area (Å²) in [7, 11) is 0. The Hall–Kier alpha value is -0.910. The van der Waals surface area contributed by atoms with Gasteiger partial charge in [0.15, 0.2) is 5.82 Å². The quantitative estimate of drug-likeness (QED) is 0.763. The molecule has 5 nitrogen and oxygen atoms in total. The van der Waals surface area contributed by atoms with Crippen molar-refractivity contribution in [2.75, 3.05) is 18.5 Å². The van der Waals surface area contributed by atoms with Crippen LogP contribution in [-0.4, -0.2) is 33.8 Å². The van der Waals surface area contributed by atoms with Crippen molar-refractivity contribution in [1.82, 2.24) is 9.97 Å². The van der Waals surface area contributed by atoms with E-state index in [9.17, 15) is 5.11 Å². The fourth-order valence-corrected chi connectivity index (χ4v) is 1.32. The van der Waals surface area contributed by atoms with Crippen LogP contribution in [0.25, 0.3) is 0 Å². The third-order valence-corrected chi connectivity index (χ3v) is 2.07. The number of hydrogen-bond donors (Lipinski definition) is 2. The smallest absolute Gasteiger partial charge is 0.158 e. The molecular formula is C11H18ClN3O2. The van der Waals surface area contributed by atoms with E-state index in [-0.39, 0.29) is 0 Å². The van der Waals surface area contributed by atoms with E-state index in [1.54, 1.807) is 19.9 Å². The molecule has 0 fully saturated rings. The van der Waals surface area contributed by atoms with Gasteiger partial charge in [-0.3, -0.25) is 0 Å². The SMILES string of the molecule is CCOCc1nc(Cl)cc(NCC(C)(C)O)n1. The van der Waals surface area contributed by atoms with E-state index in [1.807, 2.05) is 6.92 Å². The van der Waals surface area contributed by atoms with Gasteiger partial charge in [0.25, 0.3) is 0 Å².